The third-order valence-corrected chi connectivity index (χ3v) is 2.94. The summed E-state index contributed by atoms with van der Waals surface area (Å²) < 4.78 is 50.5. The van der Waals surface area contributed by atoms with Crippen molar-refractivity contribution < 1.29 is 22.4 Å². The maximum atomic E-state index is 13.0. The van der Waals surface area contributed by atoms with Gasteiger partial charge < -0.3 is 5.32 Å². The van der Waals surface area contributed by atoms with Crippen LogP contribution in [0.1, 0.15) is 15.9 Å². The number of hydrogen-bond acceptors (Lipinski definition) is 1. The molecule has 2 aromatic carbocycles. The number of halogens is 5. The summed E-state index contributed by atoms with van der Waals surface area (Å²) in [7, 11) is 0. The molecule has 0 atom stereocenters. The predicted octanol–water partition coefficient (Wildman–Crippen LogP) is 4.75. The normalized spacial score (nSPS) is 11.3. The minimum atomic E-state index is -4.52. The lowest BCUT2D eigenvalue weighted by Crippen LogP contribution is -2.13. The third kappa shape index (κ3) is 3.72. The zero-order valence-electron chi connectivity index (χ0n) is 10.3. The van der Waals surface area contributed by atoms with E-state index >= 15 is 0 Å². The molecule has 0 unspecified atom stereocenters. The van der Waals surface area contributed by atoms with Gasteiger partial charge in [-0.25, -0.2) is 4.39 Å². The Morgan fingerprint density at radius 1 is 1.10 bits per heavy atom. The minimum absolute atomic E-state index is 0.0129. The second-order valence-electron chi connectivity index (χ2n) is 4.16. The van der Waals surface area contributed by atoms with Crippen molar-refractivity contribution in [3.05, 3.63) is 64.4 Å². The average Bonchev–Trinajstić information content (AvgIpc) is 2.39. The standard InChI is InChI=1S/C14H8ClF4NO/c15-11-7-9(14(17,18)19)4-5-12(11)20-13(21)8-2-1-3-10(16)6-8/h1-7H,(H,20,21). The van der Waals surface area contributed by atoms with E-state index in [1.165, 1.54) is 18.2 Å². The van der Waals surface area contributed by atoms with Gasteiger partial charge in [-0.2, -0.15) is 13.2 Å². The minimum Gasteiger partial charge on any atom is -0.321 e. The summed E-state index contributed by atoms with van der Waals surface area (Å²) in [6, 6.07) is 7.45. The number of benzene rings is 2. The Bertz CT molecular complexity index is 685. The molecule has 2 aromatic rings. The molecule has 2 nitrogen and oxygen atoms in total. The second-order valence-corrected chi connectivity index (χ2v) is 4.56. The number of rotatable bonds is 2. The van der Waals surface area contributed by atoms with Crippen LogP contribution in [0, 0.1) is 5.82 Å². The van der Waals surface area contributed by atoms with Crippen LogP contribution in [0.5, 0.6) is 0 Å². The molecule has 0 radical (unpaired) electrons. The predicted molar refractivity (Wildman–Crippen MR) is 70.8 cm³/mol. The van der Waals surface area contributed by atoms with Crippen molar-refractivity contribution in [2.24, 2.45) is 0 Å². The summed E-state index contributed by atoms with van der Waals surface area (Å²) in [5.41, 5.74) is -0.874. The number of hydrogen-bond donors (Lipinski definition) is 1. The largest absolute Gasteiger partial charge is 0.416 e. The Balaban J connectivity index is 2.22. The molecule has 0 aromatic heterocycles. The molecule has 0 aliphatic carbocycles. The SMILES string of the molecule is O=C(Nc1ccc(C(F)(F)F)cc1Cl)c1cccc(F)c1. The molecule has 0 bridgehead atoms. The summed E-state index contributed by atoms with van der Waals surface area (Å²) in [5, 5.41) is 2.07. The highest BCUT2D eigenvalue weighted by atomic mass is 35.5. The molecule has 1 N–H and O–H groups in total. The number of nitrogens with one attached hydrogen (secondary N) is 1. The fourth-order valence-corrected chi connectivity index (χ4v) is 1.84. The van der Waals surface area contributed by atoms with E-state index in [0.29, 0.717) is 6.07 Å². The maximum absolute atomic E-state index is 13.0. The van der Waals surface area contributed by atoms with Crippen LogP contribution in [0.3, 0.4) is 0 Å². The maximum Gasteiger partial charge on any atom is 0.416 e. The lowest BCUT2D eigenvalue weighted by atomic mass is 10.1. The number of carbonyl (C=O) groups is 1. The zero-order chi connectivity index (χ0) is 15.6. The Hall–Kier alpha value is -2.08. The second kappa shape index (κ2) is 5.73. The van der Waals surface area contributed by atoms with Gasteiger partial charge in [0.15, 0.2) is 0 Å². The molecule has 0 saturated heterocycles. The zero-order valence-corrected chi connectivity index (χ0v) is 11.1. The molecule has 2 rings (SSSR count). The number of amides is 1. The van der Waals surface area contributed by atoms with Gasteiger partial charge in [0.2, 0.25) is 0 Å². The average molecular weight is 318 g/mol. The van der Waals surface area contributed by atoms with Gasteiger partial charge in [-0.1, -0.05) is 17.7 Å². The number of alkyl halides is 3. The van der Waals surface area contributed by atoms with Gasteiger partial charge in [0.05, 0.1) is 16.3 Å². The van der Waals surface area contributed by atoms with E-state index < -0.39 is 23.5 Å². The Morgan fingerprint density at radius 3 is 2.38 bits per heavy atom. The first kappa shape index (κ1) is 15.3. The van der Waals surface area contributed by atoms with Crippen LogP contribution < -0.4 is 5.32 Å². The summed E-state index contributed by atoms with van der Waals surface area (Å²) >= 11 is 5.71. The number of carbonyl (C=O) groups excluding carboxylic acids is 1. The van der Waals surface area contributed by atoms with Gasteiger partial charge in [-0.15, -0.1) is 0 Å². The van der Waals surface area contributed by atoms with Gasteiger partial charge in [-0.05, 0) is 36.4 Å². The highest BCUT2D eigenvalue weighted by Crippen LogP contribution is 2.33. The summed E-state index contributed by atoms with van der Waals surface area (Å²) in [6.07, 6.45) is -4.52. The first-order valence-corrected chi connectivity index (χ1v) is 6.09. The summed E-state index contributed by atoms with van der Waals surface area (Å²) in [6.45, 7) is 0. The van der Waals surface area contributed by atoms with Gasteiger partial charge in [-0.3, -0.25) is 4.79 Å². The Morgan fingerprint density at radius 2 is 1.81 bits per heavy atom. The Kier molecular flexibility index (Phi) is 4.18. The topological polar surface area (TPSA) is 29.1 Å². The van der Waals surface area contributed by atoms with Crippen LogP contribution >= 0.6 is 11.6 Å². The molecule has 110 valence electrons. The molecule has 0 heterocycles. The summed E-state index contributed by atoms with van der Waals surface area (Å²) in [5.74, 6) is -1.27. The molecule has 0 aliphatic rings. The molecule has 0 saturated carbocycles. The first-order valence-electron chi connectivity index (χ1n) is 5.71. The van der Waals surface area contributed by atoms with Crippen molar-refractivity contribution in [2.75, 3.05) is 5.32 Å². The molecular formula is C14H8ClF4NO. The molecular weight excluding hydrogens is 310 g/mol. The molecule has 21 heavy (non-hydrogen) atoms. The molecule has 1 amide bonds. The van der Waals surface area contributed by atoms with Crippen LogP contribution in [0.2, 0.25) is 5.02 Å². The van der Waals surface area contributed by atoms with Crippen LogP contribution in [0.25, 0.3) is 0 Å². The quantitative estimate of drug-likeness (QED) is 0.796. The Labute approximate surface area is 122 Å². The monoisotopic (exact) mass is 317 g/mol. The van der Waals surface area contributed by atoms with Crippen molar-refractivity contribution in [1.29, 1.82) is 0 Å². The highest BCUT2D eigenvalue weighted by Gasteiger charge is 2.31. The first-order chi connectivity index (χ1) is 9.77. The van der Waals surface area contributed by atoms with Gasteiger partial charge in [0.25, 0.3) is 5.91 Å². The molecule has 7 heteroatoms. The van der Waals surface area contributed by atoms with Crippen LogP contribution in [0.15, 0.2) is 42.5 Å². The van der Waals surface area contributed by atoms with E-state index in [2.05, 4.69) is 5.32 Å². The van der Waals surface area contributed by atoms with E-state index in [0.717, 1.165) is 18.2 Å². The van der Waals surface area contributed by atoms with Crippen LogP contribution in [0.4, 0.5) is 23.2 Å². The van der Waals surface area contributed by atoms with E-state index in [9.17, 15) is 22.4 Å². The summed E-state index contributed by atoms with van der Waals surface area (Å²) in [4.78, 5) is 11.8. The van der Waals surface area contributed by atoms with Gasteiger partial charge in [0.1, 0.15) is 5.82 Å². The van der Waals surface area contributed by atoms with Gasteiger partial charge in [0, 0.05) is 5.56 Å². The van der Waals surface area contributed by atoms with E-state index in [1.54, 1.807) is 0 Å². The van der Waals surface area contributed by atoms with Crippen molar-refractivity contribution >= 4 is 23.2 Å². The van der Waals surface area contributed by atoms with Crippen molar-refractivity contribution in [1.82, 2.24) is 0 Å². The van der Waals surface area contributed by atoms with Crippen molar-refractivity contribution in [3.63, 3.8) is 0 Å². The fraction of sp³-hybridized carbons (Fsp3) is 0.0714. The lowest BCUT2D eigenvalue weighted by Gasteiger charge is -2.11. The van der Waals surface area contributed by atoms with Crippen LogP contribution in [-0.2, 0) is 6.18 Å². The molecule has 0 aliphatic heterocycles. The van der Waals surface area contributed by atoms with E-state index in [1.807, 2.05) is 0 Å². The highest BCUT2D eigenvalue weighted by molar-refractivity contribution is 6.34. The molecule has 0 spiro atoms. The fourth-order valence-electron chi connectivity index (χ4n) is 1.62. The third-order valence-electron chi connectivity index (χ3n) is 2.63. The van der Waals surface area contributed by atoms with E-state index in [-0.39, 0.29) is 16.3 Å². The van der Waals surface area contributed by atoms with Crippen LogP contribution in [-0.4, -0.2) is 5.91 Å². The van der Waals surface area contributed by atoms with Gasteiger partial charge >= 0.3 is 6.18 Å². The van der Waals surface area contributed by atoms with Crippen molar-refractivity contribution in [3.8, 4) is 0 Å². The molecule has 0 fully saturated rings. The smallest absolute Gasteiger partial charge is 0.321 e. The lowest BCUT2D eigenvalue weighted by molar-refractivity contribution is -0.137. The number of anilines is 1. The van der Waals surface area contributed by atoms with E-state index in [4.69, 9.17) is 11.6 Å². The van der Waals surface area contributed by atoms with Crippen molar-refractivity contribution in [2.45, 2.75) is 6.18 Å².